The number of ether oxygens (including phenoxy) is 1. The van der Waals surface area contributed by atoms with Gasteiger partial charge in [-0.15, -0.1) is 11.3 Å². The van der Waals surface area contributed by atoms with Gasteiger partial charge in [-0.25, -0.2) is 9.97 Å². The Hall–Kier alpha value is -2.52. The number of carbonyl (C=O) groups is 1. The van der Waals surface area contributed by atoms with Crippen LogP contribution in [-0.2, 0) is 18.8 Å². The molecule has 0 saturated carbocycles. The number of hydrogen-bond donors (Lipinski definition) is 1. The number of nitrogens with one attached hydrogen (secondary N) is 1. The highest BCUT2D eigenvalue weighted by atomic mass is 32.1. The van der Waals surface area contributed by atoms with Gasteiger partial charge in [-0.2, -0.15) is 5.10 Å². The van der Waals surface area contributed by atoms with E-state index in [0.29, 0.717) is 12.3 Å². The van der Waals surface area contributed by atoms with E-state index in [1.165, 1.54) is 11.3 Å². The van der Waals surface area contributed by atoms with Gasteiger partial charge >= 0.3 is 0 Å². The van der Waals surface area contributed by atoms with Crippen LogP contribution in [0.5, 0.6) is 0 Å². The summed E-state index contributed by atoms with van der Waals surface area (Å²) in [4.78, 5) is 21.2. The minimum absolute atomic E-state index is 0.0528. The van der Waals surface area contributed by atoms with Crippen LogP contribution in [0.1, 0.15) is 35.1 Å². The summed E-state index contributed by atoms with van der Waals surface area (Å²) in [6.07, 6.45) is 8.67. The van der Waals surface area contributed by atoms with E-state index in [1.807, 2.05) is 31.1 Å². The first kappa shape index (κ1) is 16.9. The van der Waals surface area contributed by atoms with Crippen molar-refractivity contribution in [3.8, 4) is 10.6 Å². The zero-order chi connectivity index (χ0) is 18.1. The molecule has 26 heavy (non-hydrogen) atoms. The van der Waals surface area contributed by atoms with E-state index in [4.69, 9.17) is 4.74 Å². The molecule has 2 unspecified atom stereocenters. The first-order chi connectivity index (χ1) is 12.6. The summed E-state index contributed by atoms with van der Waals surface area (Å²) in [7, 11) is 3.80. The highest BCUT2D eigenvalue weighted by molar-refractivity contribution is 7.13. The summed E-state index contributed by atoms with van der Waals surface area (Å²) in [5.41, 5.74) is 2.38. The monoisotopic (exact) mass is 372 g/mol. The Bertz CT molecular complexity index is 914. The maximum atomic E-state index is 12.6. The van der Waals surface area contributed by atoms with Gasteiger partial charge in [-0.3, -0.25) is 9.48 Å². The van der Waals surface area contributed by atoms with Crippen LogP contribution in [-0.4, -0.2) is 42.9 Å². The topological polar surface area (TPSA) is 86.9 Å². The maximum Gasteiger partial charge on any atom is 0.270 e. The van der Waals surface area contributed by atoms with Gasteiger partial charge in [0.2, 0.25) is 0 Å². The van der Waals surface area contributed by atoms with Gasteiger partial charge < -0.3 is 14.6 Å². The van der Waals surface area contributed by atoms with Crippen molar-refractivity contribution in [1.29, 1.82) is 0 Å². The van der Waals surface area contributed by atoms with Crippen molar-refractivity contribution < 1.29 is 9.53 Å². The van der Waals surface area contributed by atoms with Crippen LogP contribution >= 0.6 is 11.3 Å². The third-order valence-electron chi connectivity index (χ3n) is 4.49. The van der Waals surface area contributed by atoms with Crippen LogP contribution in [0.2, 0.25) is 0 Å². The highest BCUT2D eigenvalue weighted by Gasteiger charge is 2.27. The van der Waals surface area contributed by atoms with Gasteiger partial charge in [0.05, 0.1) is 24.4 Å². The zero-order valence-corrected chi connectivity index (χ0v) is 15.4. The number of aromatic nitrogens is 5. The minimum Gasteiger partial charge on any atom is -0.372 e. The minimum atomic E-state index is -0.146. The molecule has 1 aliphatic heterocycles. The fraction of sp³-hybridized carbons (Fsp3) is 0.412. The molecular weight excluding hydrogens is 352 g/mol. The second-order valence-corrected chi connectivity index (χ2v) is 7.28. The number of nitrogens with zero attached hydrogens (tertiary/aromatic N) is 5. The molecule has 1 amide bonds. The first-order valence-electron chi connectivity index (χ1n) is 8.43. The number of thiazole rings is 1. The van der Waals surface area contributed by atoms with Gasteiger partial charge in [-0.1, -0.05) is 0 Å². The molecule has 0 aromatic carbocycles. The van der Waals surface area contributed by atoms with Crippen LogP contribution in [0.3, 0.4) is 0 Å². The van der Waals surface area contributed by atoms with Gasteiger partial charge in [-0.05, 0) is 12.8 Å². The molecular formula is C17H20N6O2S. The van der Waals surface area contributed by atoms with Crippen molar-refractivity contribution in [2.75, 3.05) is 6.61 Å². The normalized spacial score (nSPS) is 20.2. The quantitative estimate of drug-likeness (QED) is 0.756. The lowest BCUT2D eigenvalue weighted by Crippen LogP contribution is -2.40. The number of carbonyl (C=O) groups excluding carboxylic acids is 1. The van der Waals surface area contributed by atoms with Crippen molar-refractivity contribution in [3.05, 3.63) is 41.7 Å². The molecule has 0 bridgehead atoms. The largest absolute Gasteiger partial charge is 0.372 e. The van der Waals surface area contributed by atoms with Gasteiger partial charge in [0.25, 0.3) is 5.91 Å². The average molecular weight is 372 g/mol. The van der Waals surface area contributed by atoms with Gasteiger partial charge in [0.1, 0.15) is 16.8 Å². The molecule has 4 heterocycles. The molecule has 2 atom stereocenters. The van der Waals surface area contributed by atoms with Crippen LogP contribution < -0.4 is 5.32 Å². The second kappa shape index (κ2) is 7.00. The lowest BCUT2D eigenvalue weighted by molar-refractivity contribution is -0.00304. The molecule has 9 heteroatoms. The van der Waals surface area contributed by atoms with Gasteiger partial charge in [0.15, 0.2) is 0 Å². The van der Waals surface area contributed by atoms with Crippen LogP contribution in [0, 0.1) is 0 Å². The molecule has 136 valence electrons. The second-order valence-electron chi connectivity index (χ2n) is 6.42. The number of aryl methyl sites for hydroxylation is 2. The van der Waals surface area contributed by atoms with Crippen molar-refractivity contribution in [1.82, 2.24) is 29.6 Å². The number of imidazole rings is 1. The SMILES string of the molecule is Cn1cc(-c2nc(C(=O)NC3CCOC(c4cncn4C)C3)cs2)cn1. The Morgan fingerprint density at radius 1 is 1.38 bits per heavy atom. The van der Waals surface area contributed by atoms with Crippen LogP contribution in [0.4, 0.5) is 0 Å². The summed E-state index contributed by atoms with van der Waals surface area (Å²) >= 11 is 1.45. The Kier molecular flexibility index (Phi) is 4.56. The van der Waals surface area contributed by atoms with E-state index in [0.717, 1.165) is 29.1 Å². The number of amides is 1. The number of rotatable bonds is 4. The van der Waals surface area contributed by atoms with Gasteiger partial charge in [0, 0.05) is 43.9 Å². The predicted octanol–water partition coefficient (Wildman–Crippen LogP) is 1.93. The third-order valence-corrected chi connectivity index (χ3v) is 5.38. The molecule has 1 saturated heterocycles. The van der Waals surface area contributed by atoms with Crippen molar-refractivity contribution >= 4 is 17.2 Å². The Balaban J connectivity index is 1.41. The van der Waals surface area contributed by atoms with E-state index >= 15 is 0 Å². The number of hydrogen-bond acceptors (Lipinski definition) is 6. The van der Waals surface area contributed by atoms with Crippen molar-refractivity contribution in [2.24, 2.45) is 14.1 Å². The predicted molar refractivity (Wildman–Crippen MR) is 96.7 cm³/mol. The summed E-state index contributed by atoms with van der Waals surface area (Å²) in [5, 5.41) is 9.82. The molecule has 1 fully saturated rings. The fourth-order valence-electron chi connectivity index (χ4n) is 3.11. The summed E-state index contributed by atoms with van der Waals surface area (Å²) in [6, 6.07) is 0.0553. The molecule has 1 aliphatic rings. The zero-order valence-electron chi connectivity index (χ0n) is 14.6. The highest BCUT2D eigenvalue weighted by Crippen LogP contribution is 2.28. The average Bonchev–Trinajstić information content (AvgIpc) is 3.35. The molecule has 8 nitrogen and oxygen atoms in total. The van der Waals surface area contributed by atoms with E-state index < -0.39 is 0 Å². The van der Waals surface area contributed by atoms with E-state index in [-0.39, 0.29) is 18.1 Å². The first-order valence-corrected chi connectivity index (χ1v) is 9.31. The lowest BCUT2D eigenvalue weighted by Gasteiger charge is -2.30. The smallest absolute Gasteiger partial charge is 0.270 e. The third kappa shape index (κ3) is 3.40. The maximum absolute atomic E-state index is 12.6. The standard InChI is InChI=1S/C17H20N6O2S/c1-22-10-18-7-14(22)15-5-12(3-4-25-15)20-16(24)13-9-26-17(21-13)11-6-19-23(2)8-11/h6-10,12,15H,3-5H2,1-2H3,(H,20,24). The van der Waals surface area contributed by atoms with E-state index in [2.05, 4.69) is 20.4 Å². The summed E-state index contributed by atoms with van der Waals surface area (Å²) in [6.45, 7) is 0.610. The Morgan fingerprint density at radius 3 is 3.00 bits per heavy atom. The molecule has 1 N–H and O–H groups in total. The van der Waals surface area contributed by atoms with E-state index in [9.17, 15) is 4.79 Å². The van der Waals surface area contributed by atoms with Crippen molar-refractivity contribution in [2.45, 2.75) is 25.0 Å². The van der Waals surface area contributed by atoms with Crippen LogP contribution in [0.15, 0.2) is 30.3 Å². The van der Waals surface area contributed by atoms with Crippen LogP contribution in [0.25, 0.3) is 10.6 Å². The fourth-order valence-corrected chi connectivity index (χ4v) is 3.89. The molecule has 0 spiro atoms. The molecule has 4 rings (SSSR count). The summed E-state index contributed by atoms with van der Waals surface area (Å²) < 4.78 is 9.52. The molecule has 0 aliphatic carbocycles. The Labute approximate surface area is 154 Å². The lowest BCUT2D eigenvalue weighted by atomic mass is 10.0. The summed E-state index contributed by atoms with van der Waals surface area (Å²) in [5.74, 6) is -0.146. The van der Waals surface area contributed by atoms with E-state index in [1.54, 1.807) is 22.6 Å². The molecule has 3 aromatic rings. The van der Waals surface area contributed by atoms with Crippen molar-refractivity contribution in [3.63, 3.8) is 0 Å². The molecule has 0 radical (unpaired) electrons. The molecule has 3 aromatic heterocycles. The Morgan fingerprint density at radius 2 is 2.27 bits per heavy atom.